The normalized spacial score (nSPS) is 10.4. The summed E-state index contributed by atoms with van der Waals surface area (Å²) in [5, 5.41) is 7.58. The van der Waals surface area contributed by atoms with Crippen LogP contribution in [0.25, 0.3) is 0 Å². The van der Waals surface area contributed by atoms with Gasteiger partial charge in [0.15, 0.2) is 0 Å². The monoisotopic (exact) mass is 212 g/mol. The molecule has 0 amide bonds. The minimum atomic E-state index is -0.884. The van der Waals surface area contributed by atoms with Gasteiger partial charge >= 0.3 is 0 Å². The molecule has 12 heavy (non-hydrogen) atoms. The summed E-state index contributed by atoms with van der Waals surface area (Å²) in [6, 6.07) is 0.809. The molecule has 0 unspecified atom stereocenters. The average molecular weight is 213 g/mol. The van der Waals surface area contributed by atoms with Crippen LogP contribution < -0.4 is 0 Å². The Bertz CT molecular complexity index is 315. The van der Waals surface area contributed by atoms with E-state index in [1.165, 1.54) is 0 Å². The number of aliphatic hydroxyl groups is 1. The fourth-order valence-corrected chi connectivity index (χ4v) is 1.09. The van der Waals surface area contributed by atoms with Crippen molar-refractivity contribution in [2.45, 2.75) is 6.61 Å². The van der Waals surface area contributed by atoms with E-state index >= 15 is 0 Å². The van der Waals surface area contributed by atoms with Gasteiger partial charge in [-0.3, -0.25) is 0 Å². The fourth-order valence-electron chi connectivity index (χ4n) is 0.737. The molecule has 0 aromatic heterocycles. The Hall–Kier alpha value is -0.380. The first-order chi connectivity index (χ1) is 5.57. The Morgan fingerprint density at radius 3 is 2.33 bits per heavy atom. The van der Waals surface area contributed by atoms with Crippen molar-refractivity contribution in [3.63, 3.8) is 0 Å². The highest BCUT2D eigenvalue weighted by atomic mass is 35.5. The van der Waals surface area contributed by atoms with Crippen LogP contribution in [0.5, 0.6) is 0 Å². The molecule has 1 N–H and O–H groups in total. The number of aliphatic hydroxyl groups excluding tert-OH is 1. The third kappa shape index (κ3) is 1.53. The summed E-state index contributed by atoms with van der Waals surface area (Å²) in [7, 11) is 0. The number of hydrogen-bond donors (Lipinski definition) is 1. The van der Waals surface area contributed by atoms with Crippen molar-refractivity contribution in [1.82, 2.24) is 0 Å². The van der Waals surface area contributed by atoms with Gasteiger partial charge in [-0.1, -0.05) is 23.2 Å². The van der Waals surface area contributed by atoms with Crippen molar-refractivity contribution in [3.8, 4) is 0 Å². The first-order valence-electron chi connectivity index (χ1n) is 3.00. The zero-order chi connectivity index (χ0) is 9.30. The highest BCUT2D eigenvalue weighted by Gasteiger charge is 2.14. The molecule has 0 atom stereocenters. The van der Waals surface area contributed by atoms with Gasteiger partial charge in [-0.05, 0) is 6.07 Å². The standard InChI is InChI=1S/C7H4Cl2F2O/c8-5-4(10)1-3(2-12)7(11)6(5)9/h1,12H,2H2. The predicted octanol–water partition coefficient (Wildman–Crippen LogP) is 2.76. The van der Waals surface area contributed by atoms with E-state index in [-0.39, 0.29) is 5.56 Å². The number of benzene rings is 1. The highest BCUT2D eigenvalue weighted by molar-refractivity contribution is 6.42. The zero-order valence-corrected chi connectivity index (χ0v) is 7.26. The molecule has 0 heterocycles. The molecule has 0 aliphatic carbocycles. The van der Waals surface area contributed by atoms with Crippen LogP contribution in [0, 0.1) is 11.6 Å². The predicted molar refractivity (Wildman–Crippen MR) is 42.3 cm³/mol. The van der Waals surface area contributed by atoms with Crippen LogP contribution in [0.1, 0.15) is 5.56 Å². The van der Waals surface area contributed by atoms with Gasteiger partial charge in [-0.25, -0.2) is 8.78 Å². The Balaban J connectivity index is 3.39. The first-order valence-corrected chi connectivity index (χ1v) is 3.76. The maximum atomic E-state index is 12.9. The van der Waals surface area contributed by atoms with Gasteiger partial charge in [0.2, 0.25) is 0 Å². The molecule has 0 aliphatic rings. The molecule has 5 heteroatoms. The molecule has 0 fully saturated rings. The van der Waals surface area contributed by atoms with E-state index in [9.17, 15) is 8.78 Å². The summed E-state index contributed by atoms with van der Waals surface area (Å²) in [6.07, 6.45) is 0. The summed E-state index contributed by atoms with van der Waals surface area (Å²) in [6.45, 7) is -0.611. The van der Waals surface area contributed by atoms with Crippen molar-refractivity contribution in [2.75, 3.05) is 0 Å². The molecular formula is C7H4Cl2F2O. The van der Waals surface area contributed by atoms with Gasteiger partial charge in [-0.2, -0.15) is 0 Å². The van der Waals surface area contributed by atoms with E-state index in [1.807, 2.05) is 0 Å². The Morgan fingerprint density at radius 2 is 1.83 bits per heavy atom. The van der Waals surface area contributed by atoms with Crippen molar-refractivity contribution >= 4 is 23.2 Å². The lowest BCUT2D eigenvalue weighted by atomic mass is 10.2. The van der Waals surface area contributed by atoms with Crippen LogP contribution in [0.3, 0.4) is 0 Å². The molecule has 1 aromatic rings. The van der Waals surface area contributed by atoms with Crippen LogP contribution in [0.4, 0.5) is 8.78 Å². The molecule has 0 saturated heterocycles. The third-order valence-electron chi connectivity index (χ3n) is 1.35. The molecule has 1 aromatic carbocycles. The summed E-state index contributed by atoms with van der Waals surface area (Å²) < 4.78 is 25.6. The van der Waals surface area contributed by atoms with Crippen LogP contribution >= 0.6 is 23.2 Å². The summed E-state index contributed by atoms with van der Waals surface area (Å²) in [5.41, 5.74) is -0.207. The van der Waals surface area contributed by atoms with Crippen LogP contribution in [0.15, 0.2) is 6.07 Å². The maximum Gasteiger partial charge on any atom is 0.149 e. The van der Waals surface area contributed by atoms with Crippen molar-refractivity contribution in [2.24, 2.45) is 0 Å². The van der Waals surface area contributed by atoms with E-state index in [1.54, 1.807) is 0 Å². The number of hydrogen-bond acceptors (Lipinski definition) is 1. The second-order valence-corrected chi connectivity index (χ2v) is 2.87. The lowest BCUT2D eigenvalue weighted by molar-refractivity contribution is 0.275. The van der Waals surface area contributed by atoms with E-state index in [0.29, 0.717) is 0 Å². The smallest absolute Gasteiger partial charge is 0.149 e. The third-order valence-corrected chi connectivity index (χ3v) is 2.17. The SMILES string of the molecule is OCc1cc(F)c(Cl)c(Cl)c1F. The van der Waals surface area contributed by atoms with Crippen molar-refractivity contribution in [3.05, 3.63) is 33.3 Å². The first kappa shape index (κ1) is 9.71. The van der Waals surface area contributed by atoms with E-state index in [2.05, 4.69) is 0 Å². The molecule has 0 radical (unpaired) electrons. The summed E-state index contributed by atoms with van der Waals surface area (Å²) in [5.74, 6) is -1.72. The molecule has 0 spiro atoms. The largest absolute Gasteiger partial charge is 0.392 e. The second kappa shape index (κ2) is 3.56. The molecule has 1 nitrogen and oxygen atoms in total. The van der Waals surface area contributed by atoms with Gasteiger partial charge in [0.25, 0.3) is 0 Å². The summed E-state index contributed by atoms with van der Waals surface area (Å²) >= 11 is 10.6. The number of rotatable bonds is 1. The van der Waals surface area contributed by atoms with E-state index in [4.69, 9.17) is 28.3 Å². The molecule has 0 bridgehead atoms. The lowest BCUT2D eigenvalue weighted by Crippen LogP contribution is -1.94. The van der Waals surface area contributed by atoms with E-state index in [0.717, 1.165) is 6.07 Å². The van der Waals surface area contributed by atoms with Crippen LogP contribution in [-0.4, -0.2) is 5.11 Å². The minimum absolute atomic E-state index is 0.207. The van der Waals surface area contributed by atoms with Gasteiger partial charge in [0, 0.05) is 5.56 Å². The Kier molecular flexibility index (Phi) is 2.88. The van der Waals surface area contributed by atoms with Gasteiger partial charge in [0.1, 0.15) is 11.6 Å². The topological polar surface area (TPSA) is 20.2 Å². The lowest BCUT2D eigenvalue weighted by Gasteiger charge is -2.03. The molecule has 1 rings (SSSR count). The van der Waals surface area contributed by atoms with Gasteiger partial charge in [0.05, 0.1) is 16.7 Å². The second-order valence-electron chi connectivity index (χ2n) is 2.12. The van der Waals surface area contributed by atoms with Crippen LogP contribution in [-0.2, 0) is 6.61 Å². The van der Waals surface area contributed by atoms with Gasteiger partial charge in [-0.15, -0.1) is 0 Å². The quantitative estimate of drug-likeness (QED) is 0.561. The zero-order valence-electron chi connectivity index (χ0n) is 5.74. The van der Waals surface area contributed by atoms with Crippen molar-refractivity contribution in [1.29, 1.82) is 0 Å². The molecule has 0 saturated carbocycles. The number of halogens is 4. The Labute approximate surface area is 77.5 Å². The molecule has 0 aliphatic heterocycles. The Morgan fingerprint density at radius 1 is 1.25 bits per heavy atom. The molecule has 66 valence electrons. The highest BCUT2D eigenvalue weighted by Crippen LogP contribution is 2.29. The summed E-state index contributed by atoms with van der Waals surface area (Å²) in [4.78, 5) is 0. The maximum absolute atomic E-state index is 12.9. The van der Waals surface area contributed by atoms with Crippen LogP contribution in [0.2, 0.25) is 10.0 Å². The van der Waals surface area contributed by atoms with Crippen molar-refractivity contribution < 1.29 is 13.9 Å². The minimum Gasteiger partial charge on any atom is -0.392 e. The molecular weight excluding hydrogens is 209 g/mol. The van der Waals surface area contributed by atoms with E-state index < -0.39 is 28.3 Å². The van der Waals surface area contributed by atoms with Gasteiger partial charge < -0.3 is 5.11 Å². The fraction of sp³-hybridized carbons (Fsp3) is 0.143. The average Bonchev–Trinajstić information content (AvgIpc) is 2.08.